The second-order valence-corrected chi connectivity index (χ2v) is 12.1. The molecule has 0 aromatic heterocycles. The van der Waals surface area contributed by atoms with E-state index in [0.29, 0.717) is 35.4 Å². The molecule has 5 rings (SSSR count). The number of dihydropyridines is 1. The van der Waals surface area contributed by atoms with Gasteiger partial charge < -0.3 is 15.4 Å². The van der Waals surface area contributed by atoms with E-state index in [0.717, 1.165) is 29.8 Å². The first kappa shape index (κ1) is 25.9. The fourth-order valence-electron chi connectivity index (χ4n) is 5.89. The number of halogens is 1. The molecule has 1 amide bonds. The van der Waals surface area contributed by atoms with Gasteiger partial charge in [0.05, 0.1) is 0 Å². The first-order valence-corrected chi connectivity index (χ1v) is 13.0. The molecule has 6 nitrogen and oxygen atoms in total. The zero-order valence-electron chi connectivity index (χ0n) is 22.2. The Morgan fingerprint density at radius 3 is 2.08 bits per heavy atom. The van der Waals surface area contributed by atoms with Crippen LogP contribution in [0, 0.1) is 16.6 Å². The highest BCUT2D eigenvalue weighted by Gasteiger charge is 2.46. The Morgan fingerprint density at radius 1 is 0.921 bits per heavy atom. The van der Waals surface area contributed by atoms with Gasteiger partial charge in [-0.05, 0) is 65.6 Å². The van der Waals surface area contributed by atoms with E-state index in [1.165, 1.54) is 24.3 Å². The number of Topliss-reactive ketones (excluding diaryl/α,β-unsaturated/α-hetero) is 2. The van der Waals surface area contributed by atoms with Crippen molar-refractivity contribution in [2.45, 2.75) is 59.3 Å². The third-order valence-electron chi connectivity index (χ3n) is 7.41. The highest BCUT2D eigenvalue weighted by atomic mass is 19.1. The van der Waals surface area contributed by atoms with Gasteiger partial charge in [-0.15, -0.1) is 0 Å². The molecule has 0 radical (unpaired) electrons. The molecule has 0 bridgehead atoms. The number of hydrogen-bond acceptors (Lipinski definition) is 5. The van der Waals surface area contributed by atoms with E-state index < -0.39 is 5.92 Å². The normalized spacial score (nSPS) is 20.4. The number of hydrogen-bond donors (Lipinski definition) is 2. The molecule has 7 heteroatoms. The van der Waals surface area contributed by atoms with Crippen LogP contribution in [0.15, 0.2) is 71.1 Å². The molecule has 0 saturated heterocycles. The first-order valence-electron chi connectivity index (χ1n) is 13.0. The number of anilines is 1. The molecule has 1 heterocycles. The molecule has 0 saturated carbocycles. The molecule has 0 spiro atoms. The molecule has 38 heavy (non-hydrogen) atoms. The number of ether oxygens (including phenoxy) is 1. The average Bonchev–Trinajstić information content (AvgIpc) is 2.81. The highest BCUT2D eigenvalue weighted by molar-refractivity contribution is 6.06. The third-order valence-corrected chi connectivity index (χ3v) is 7.41. The molecule has 2 N–H and O–H groups in total. The Labute approximate surface area is 222 Å². The summed E-state index contributed by atoms with van der Waals surface area (Å²) in [6.07, 6.45) is 2.31. The summed E-state index contributed by atoms with van der Waals surface area (Å²) in [6.45, 7) is 8.13. The fraction of sp³-hybridized carbons (Fsp3) is 0.387. The maximum absolute atomic E-state index is 13.5. The smallest absolute Gasteiger partial charge is 0.262 e. The zero-order chi connectivity index (χ0) is 27.2. The quantitative estimate of drug-likeness (QED) is 0.524. The standard InChI is InChI=1S/C31H33FN2O4/c1-30(2)13-22-28(24(35)15-30)27(29-23(34-22)14-31(3,4)16-25(29)36)18-6-5-7-21(12-18)38-17-26(37)33-20-10-8-19(32)9-11-20/h5-12,27,34H,13-17H2,1-4H3,(H,33,37). The molecule has 3 aliphatic rings. The molecule has 2 aliphatic carbocycles. The van der Waals surface area contributed by atoms with Gasteiger partial charge in [0.2, 0.25) is 0 Å². The van der Waals surface area contributed by atoms with Crippen molar-refractivity contribution in [3.05, 3.63) is 82.5 Å². The number of allylic oxidation sites excluding steroid dienone is 4. The van der Waals surface area contributed by atoms with E-state index in [1.54, 1.807) is 6.07 Å². The van der Waals surface area contributed by atoms with Gasteiger partial charge in [0.1, 0.15) is 11.6 Å². The lowest BCUT2D eigenvalue weighted by atomic mass is 9.64. The minimum Gasteiger partial charge on any atom is -0.484 e. The van der Waals surface area contributed by atoms with Crippen LogP contribution < -0.4 is 15.4 Å². The number of carbonyl (C=O) groups is 3. The SMILES string of the molecule is CC1(C)CC(=O)C2=C(C1)NC1=C(C(=O)CC(C)(C)C1)C2c1cccc(OCC(=O)Nc2ccc(F)cc2)c1. The average molecular weight is 517 g/mol. The molecule has 1 aliphatic heterocycles. The maximum atomic E-state index is 13.5. The number of nitrogens with one attached hydrogen (secondary N) is 2. The number of carbonyl (C=O) groups excluding carboxylic acids is 3. The van der Waals surface area contributed by atoms with E-state index in [9.17, 15) is 18.8 Å². The predicted octanol–water partition coefficient (Wildman–Crippen LogP) is 5.82. The second kappa shape index (κ2) is 9.53. The van der Waals surface area contributed by atoms with Crippen LogP contribution in [0.25, 0.3) is 0 Å². The lowest BCUT2D eigenvalue weighted by Gasteiger charge is -2.44. The van der Waals surface area contributed by atoms with Crippen LogP contribution in [0.4, 0.5) is 10.1 Å². The fourth-order valence-corrected chi connectivity index (χ4v) is 5.89. The van der Waals surface area contributed by atoms with Gasteiger partial charge in [-0.3, -0.25) is 14.4 Å². The summed E-state index contributed by atoms with van der Waals surface area (Å²) >= 11 is 0. The van der Waals surface area contributed by atoms with E-state index >= 15 is 0 Å². The summed E-state index contributed by atoms with van der Waals surface area (Å²) in [5.74, 6) is -0.651. The molecule has 0 unspecified atom stereocenters. The number of amides is 1. The number of rotatable bonds is 5. The van der Waals surface area contributed by atoms with Crippen LogP contribution in [-0.2, 0) is 14.4 Å². The predicted molar refractivity (Wildman–Crippen MR) is 143 cm³/mol. The molecule has 2 aromatic carbocycles. The summed E-state index contributed by atoms with van der Waals surface area (Å²) in [4.78, 5) is 39.4. The van der Waals surface area contributed by atoms with Gasteiger partial charge in [-0.1, -0.05) is 39.8 Å². The Hall–Kier alpha value is -3.74. The monoisotopic (exact) mass is 516 g/mol. The number of benzene rings is 2. The van der Waals surface area contributed by atoms with Crippen molar-refractivity contribution in [1.82, 2.24) is 5.32 Å². The van der Waals surface area contributed by atoms with Gasteiger partial charge in [0.15, 0.2) is 18.2 Å². The Balaban J connectivity index is 1.44. The Bertz CT molecular complexity index is 1330. The highest BCUT2D eigenvalue weighted by Crippen LogP contribution is 2.51. The lowest BCUT2D eigenvalue weighted by molar-refractivity contribution is -0.119. The first-order chi connectivity index (χ1) is 17.9. The van der Waals surface area contributed by atoms with Crippen LogP contribution in [0.2, 0.25) is 0 Å². The summed E-state index contributed by atoms with van der Waals surface area (Å²) in [5.41, 5.74) is 4.09. The summed E-state index contributed by atoms with van der Waals surface area (Å²) in [5, 5.41) is 6.20. The van der Waals surface area contributed by atoms with Crippen molar-refractivity contribution in [3.8, 4) is 5.75 Å². The Kier molecular flexibility index (Phi) is 6.49. The van der Waals surface area contributed by atoms with Gasteiger partial charge in [-0.25, -0.2) is 4.39 Å². The minimum atomic E-state index is -0.468. The van der Waals surface area contributed by atoms with Crippen LogP contribution in [0.1, 0.15) is 64.9 Å². The van der Waals surface area contributed by atoms with Crippen molar-refractivity contribution in [2.24, 2.45) is 10.8 Å². The molecule has 0 atom stereocenters. The van der Waals surface area contributed by atoms with Gasteiger partial charge in [0.25, 0.3) is 5.91 Å². The van der Waals surface area contributed by atoms with Crippen LogP contribution in [-0.4, -0.2) is 24.1 Å². The molecular formula is C31H33FN2O4. The zero-order valence-corrected chi connectivity index (χ0v) is 22.2. The third kappa shape index (κ3) is 5.28. The molecule has 198 valence electrons. The molecular weight excluding hydrogens is 483 g/mol. The largest absolute Gasteiger partial charge is 0.484 e. The Morgan fingerprint density at radius 2 is 1.50 bits per heavy atom. The van der Waals surface area contributed by atoms with E-state index in [4.69, 9.17) is 4.74 Å². The van der Waals surface area contributed by atoms with E-state index in [2.05, 4.69) is 38.3 Å². The van der Waals surface area contributed by atoms with Crippen molar-refractivity contribution in [2.75, 3.05) is 11.9 Å². The van der Waals surface area contributed by atoms with Crippen LogP contribution in [0.3, 0.4) is 0 Å². The van der Waals surface area contributed by atoms with Gasteiger partial charge >= 0.3 is 0 Å². The van der Waals surface area contributed by atoms with Crippen molar-refractivity contribution >= 4 is 23.2 Å². The lowest BCUT2D eigenvalue weighted by Crippen LogP contribution is -2.42. The molecule has 2 aromatic rings. The maximum Gasteiger partial charge on any atom is 0.262 e. The summed E-state index contributed by atoms with van der Waals surface area (Å²) in [7, 11) is 0. The second-order valence-electron chi connectivity index (χ2n) is 12.1. The summed E-state index contributed by atoms with van der Waals surface area (Å²) < 4.78 is 18.9. The topological polar surface area (TPSA) is 84.5 Å². The minimum absolute atomic E-state index is 0.0583. The van der Waals surface area contributed by atoms with E-state index in [1.807, 2.05) is 18.2 Å². The van der Waals surface area contributed by atoms with Gasteiger partial charge in [0, 0.05) is 47.0 Å². The molecule has 0 fully saturated rings. The van der Waals surface area contributed by atoms with Crippen molar-refractivity contribution < 1.29 is 23.5 Å². The van der Waals surface area contributed by atoms with Gasteiger partial charge in [-0.2, -0.15) is 0 Å². The van der Waals surface area contributed by atoms with Crippen molar-refractivity contribution in [1.29, 1.82) is 0 Å². The van der Waals surface area contributed by atoms with Crippen molar-refractivity contribution in [3.63, 3.8) is 0 Å². The van der Waals surface area contributed by atoms with Crippen LogP contribution in [0.5, 0.6) is 5.75 Å². The van der Waals surface area contributed by atoms with E-state index in [-0.39, 0.29) is 40.7 Å². The summed E-state index contributed by atoms with van der Waals surface area (Å²) in [6, 6.07) is 12.8. The van der Waals surface area contributed by atoms with Crippen LogP contribution >= 0.6 is 0 Å². The number of ketones is 2.